The van der Waals surface area contributed by atoms with Gasteiger partial charge in [0.05, 0.1) is 5.69 Å². The Labute approximate surface area is 114 Å². The van der Waals surface area contributed by atoms with Crippen LogP contribution in [0.2, 0.25) is 0 Å². The van der Waals surface area contributed by atoms with Gasteiger partial charge in [0.1, 0.15) is 17.5 Å². The minimum atomic E-state index is 0.0319. The summed E-state index contributed by atoms with van der Waals surface area (Å²) in [6.07, 6.45) is 6.19. The number of aromatic nitrogens is 2. The first-order valence-electron chi connectivity index (χ1n) is 7.09. The van der Waals surface area contributed by atoms with Crippen molar-refractivity contribution in [2.45, 2.75) is 52.1 Å². The smallest absolute Gasteiger partial charge is 0.223 e. The van der Waals surface area contributed by atoms with Gasteiger partial charge in [-0.05, 0) is 38.5 Å². The average Bonchev–Trinajstić information content (AvgIpc) is 2.65. The average molecular weight is 264 g/mol. The van der Waals surface area contributed by atoms with E-state index in [9.17, 15) is 0 Å². The molecule has 0 saturated heterocycles. The predicted octanol–water partition coefficient (Wildman–Crippen LogP) is 2.36. The van der Waals surface area contributed by atoms with Gasteiger partial charge in [-0.2, -0.15) is 5.10 Å². The molecule has 0 aliphatic heterocycles. The maximum absolute atomic E-state index is 7.69. The van der Waals surface area contributed by atoms with Crippen molar-refractivity contribution in [2.75, 3.05) is 0 Å². The summed E-state index contributed by atoms with van der Waals surface area (Å²) in [5.74, 6) is 1.28. The van der Waals surface area contributed by atoms with Crippen LogP contribution < -0.4 is 10.5 Å². The molecule has 1 aromatic heterocycles. The van der Waals surface area contributed by atoms with E-state index >= 15 is 0 Å². The van der Waals surface area contributed by atoms with E-state index in [1.165, 1.54) is 19.3 Å². The third-order valence-electron chi connectivity index (χ3n) is 4.07. The zero-order chi connectivity index (χ0) is 14.0. The number of nitrogens with two attached hydrogens (primary N) is 1. The summed E-state index contributed by atoms with van der Waals surface area (Å²) in [6, 6.07) is 0. The van der Waals surface area contributed by atoms with Gasteiger partial charge in [-0.15, -0.1) is 0 Å². The lowest BCUT2D eigenvalue weighted by atomic mass is 9.85. The number of nitrogens with one attached hydrogen (secondary N) is 1. The van der Waals surface area contributed by atoms with Crippen LogP contribution in [0.25, 0.3) is 0 Å². The van der Waals surface area contributed by atoms with Crippen molar-refractivity contribution in [3.63, 3.8) is 0 Å². The van der Waals surface area contributed by atoms with Gasteiger partial charge in [-0.3, -0.25) is 5.41 Å². The summed E-state index contributed by atoms with van der Waals surface area (Å²) in [5.41, 5.74) is 7.05. The lowest BCUT2D eigenvalue weighted by molar-refractivity contribution is 0.0814. The van der Waals surface area contributed by atoms with Crippen LogP contribution in [0, 0.1) is 18.3 Å². The molecule has 5 heteroatoms. The van der Waals surface area contributed by atoms with E-state index in [0.29, 0.717) is 17.4 Å². The Morgan fingerprint density at radius 3 is 2.79 bits per heavy atom. The van der Waals surface area contributed by atoms with Crippen LogP contribution in [0.1, 0.15) is 50.3 Å². The number of ether oxygens (including phenoxy) is 1. The molecule has 1 aromatic rings. The summed E-state index contributed by atoms with van der Waals surface area (Å²) >= 11 is 0. The number of nitrogen functional groups attached to an aromatic ring is 1. The minimum absolute atomic E-state index is 0.0319. The topological polar surface area (TPSA) is 76.9 Å². The number of amidine groups is 1. The van der Waals surface area contributed by atoms with E-state index in [2.05, 4.69) is 12.0 Å². The van der Waals surface area contributed by atoms with Crippen LogP contribution in [-0.2, 0) is 7.05 Å². The van der Waals surface area contributed by atoms with Crippen LogP contribution in [-0.4, -0.2) is 21.7 Å². The first-order chi connectivity index (χ1) is 9.04. The highest BCUT2D eigenvalue weighted by Gasteiger charge is 2.28. The van der Waals surface area contributed by atoms with Crippen LogP contribution in [0.3, 0.4) is 0 Å². The SMILES string of the molecule is CCC1CCCCC1Oc1c(C(=N)N)c(C)nn1C. The highest BCUT2D eigenvalue weighted by atomic mass is 16.5. The normalized spacial score (nSPS) is 23.3. The second-order valence-corrected chi connectivity index (χ2v) is 5.41. The Morgan fingerprint density at radius 2 is 2.16 bits per heavy atom. The first-order valence-corrected chi connectivity index (χ1v) is 7.09. The maximum atomic E-state index is 7.69. The Hall–Kier alpha value is -1.52. The molecule has 1 aliphatic carbocycles. The van der Waals surface area contributed by atoms with E-state index in [4.69, 9.17) is 15.9 Å². The van der Waals surface area contributed by atoms with Crippen LogP contribution in [0.15, 0.2) is 0 Å². The molecule has 0 bridgehead atoms. The zero-order valence-electron chi connectivity index (χ0n) is 12.1. The molecule has 0 aromatic carbocycles. The Kier molecular flexibility index (Phi) is 4.12. The number of hydrogen-bond acceptors (Lipinski definition) is 3. The quantitative estimate of drug-likeness (QED) is 0.647. The highest BCUT2D eigenvalue weighted by Crippen LogP contribution is 2.32. The van der Waals surface area contributed by atoms with Crippen molar-refractivity contribution in [3.05, 3.63) is 11.3 Å². The van der Waals surface area contributed by atoms with Crippen LogP contribution in [0.5, 0.6) is 5.88 Å². The van der Waals surface area contributed by atoms with Gasteiger partial charge < -0.3 is 10.5 Å². The number of hydrogen-bond donors (Lipinski definition) is 2. The van der Waals surface area contributed by atoms with Crippen molar-refractivity contribution >= 4 is 5.84 Å². The van der Waals surface area contributed by atoms with Gasteiger partial charge in [0.15, 0.2) is 0 Å². The predicted molar refractivity (Wildman–Crippen MR) is 75.6 cm³/mol. The fourth-order valence-corrected chi connectivity index (χ4v) is 3.02. The largest absolute Gasteiger partial charge is 0.474 e. The Balaban J connectivity index is 2.24. The third kappa shape index (κ3) is 2.74. The molecule has 106 valence electrons. The third-order valence-corrected chi connectivity index (χ3v) is 4.07. The molecular weight excluding hydrogens is 240 g/mol. The van der Waals surface area contributed by atoms with E-state index < -0.39 is 0 Å². The van der Waals surface area contributed by atoms with Crippen molar-refractivity contribution < 1.29 is 4.74 Å². The van der Waals surface area contributed by atoms with Gasteiger partial charge in [0.25, 0.3) is 0 Å². The molecule has 2 atom stereocenters. The summed E-state index contributed by atoms with van der Waals surface area (Å²) in [5, 5.41) is 12.0. The van der Waals surface area contributed by atoms with Gasteiger partial charge in [-0.1, -0.05) is 13.3 Å². The van der Waals surface area contributed by atoms with Crippen molar-refractivity contribution in [1.82, 2.24) is 9.78 Å². The summed E-state index contributed by atoms with van der Waals surface area (Å²) in [6.45, 7) is 4.08. The Bertz CT molecular complexity index is 466. The van der Waals surface area contributed by atoms with Gasteiger partial charge in [-0.25, -0.2) is 4.68 Å². The Morgan fingerprint density at radius 1 is 1.47 bits per heavy atom. The fourth-order valence-electron chi connectivity index (χ4n) is 3.02. The molecule has 5 nitrogen and oxygen atoms in total. The van der Waals surface area contributed by atoms with Crippen molar-refractivity contribution in [3.8, 4) is 5.88 Å². The van der Waals surface area contributed by atoms with Crippen LogP contribution in [0.4, 0.5) is 0 Å². The summed E-state index contributed by atoms with van der Waals surface area (Å²) < 4.78 is 7.88. The number of nitrogens with zero attached hydrogens (tertiary/aromatic N) is 2. The number of aryl methyl sites for hydroxylation is 2. The van der Waals surface area contributed by atoms with Crippen molar-refractivity contribution in [1.29, 1.82) is 5.41 Å². The van der Waals surface area contributed by atoms with E-state index in [1.54, 1.807) is 4.68 Å². The van der Waals surface area contributed by atoms with Crippen LogP contribution >= 0.6 is 0 Å². The highest BCUT2D eigenvalue weighted by molar-refractivity contribution is 5.98. The summed E-state index contributed by atoms with van der Waals surface area (Å²) in [7, 11) is 1.85. The van der Waals surface area contributed by atoms with E-state index in [1.807, 2.05) is 14.0 Å². The molecular formula is C14H24N4O. The van der Waals surface area contributed by atoms with Gasteiger partial charge in [0.2, 0.25) is 5.88 Å². The molecule has 1 heterocycles. The van der Waals surface area contributed by atoms with Crippen molar-refractivity contribution in [2.24, 2.45) is 18.7 Å². The van der Waals surface area contributed by atoms with Gasteiger partial charge in [0, 0.05) is 7.05 Å². The molecule has 0 radical (unpaired) electrons. The summed E-state index contributed by atoms with van der Waals surface area (Å²) in [4.78, 5) is 0. The lowest BCUT2D eigenvalue weighted by Gasteiger charge is -2.31. The van der Waals surface area contributed by atoms with Gasteiger partial charge >= 0.3 is 0 Å². The molecule has 2 unspecified atom stereocenters. The maximum Gasteiger partial charge on any atom is 0.223 e. The number of rotatable bonds is 4. The minimum Gasteiger partial charge on any atom is -0.474 e. The second-order valence-electron chi connectivity index (χ2n) is 5.41. The molecule has 2 rings (SSSR count). The monoisotopic (exact) mass is 264 g/mol. The fraction of sp³-hybridized carbons (Fsp3) is 0.714. The molecule has 0 amide bonds. The van der Waals surface area contributed by atoms with E-state index in [-0.39, 0.29) is 11.9 Å². The van der Waals surface area contributed by atoms with E-state index in [0.717, 1.165) is 18.5 Å². The lowest BCUT2D eigenvalue weighted by Crippen LogP contribution is -2.31. The first kappa shape index (κ1) is 13.9. The molecule has 1 fully saturated rings. The zero-order valence-corrected chi connectivity index (χ0v) is 12.1. The second kappa shape index (κ2) is 5.63. The molecule has 3 N–H and O–H groups in total. The molecule has 19 heavy (non-hydrogen) atoms. The molecule has 0 spiro atoms. The standard InChI is InChI=1S/C14H24N4O/c1-4-10-7-5-6-8-11(10)19-14-12(13(15)16)9(2)17-18(14)3/h10-11H,4-8H2,1-3H3,(H3,15,16). The molecule has 1 aliphatic rings. The molecule has 1 saturated carbocycles.